The number of anilines is 1. The van der Waals surface area contributed by atoms with E-state index in [1.807, 2.05) is 0 Å². The Bertz CT molecular complexity index is 1000. The van der Waals surface area contributed by atoms with Crippen LogP contribution in [0.25, 0.3) is 0 Å². The number of halogens is 2. The molecule has 1 aliphatic rings. The average molecular weight is 412 g/mol. The van der Waals surface area contributed by atoms with E-state index in [1.165, 1.54) is 25.3 Å². The lowest BCUT2D eigenvalue weighted by Crippen LogP contribution is -2.55. The monoisotopic (exact) mass is 412 g/mol. The van der Waals surface area contributed by atoms with E-state index in [9.17, 15) is 22.0 Å². The van der Waals surface area contributed by atoms with Crippen LogP contribution in [0.15, 0.2) is 36.5 Å². The first kappa shape index (κ1) is 20.1. The highest BCUT2D eigenvalue weighted by Gasteiger charge is 2.48. The minimum Gasteiger partial charge on any atom is -0.453 e. The Morgan fingerprint density at radius 1 is 1.32 bits per heavy atom. The molecule has 1 saturated heterocycles. The highest BCUT2D eigenvalue weighted by Crippen LogP contribution is 2.32. The smallest absolute Gasteiger partial charge is 0.277 e. The molecule has 0 radical (unpaired) electrons. The van der Waals surface area contributed by atoms with E-state index in [4.69, 9.17) is 9.88 Å². The summed E-state index contributed by atoms with van der Waals surface area (Å²) in [4.78, 5) is 16.6. The van der Waals surface area contributed by atoms with Gasteiger partial charge in [0, 0.05) is 12.6 Å². The topological polar surface area (TPSA) is 115 Å². The summed E-state index contributed by atoms with van der Waals surface area (Å²) in [6.45, 7) is 1.64. The molecule has 3 N–H and O–H groups in total. The summed E-state index contributed by atoms with van der Waals surface area (Å²) in [5.74, 6) is -2.01. The number of hydrogen-bond donors (Lipinski definition) is 2. The molecular formula is C17H18F2N4O4S. The normalized spacial score (nSPS) is 20.1. The number of pyridine rings is 1. The minimum atomic E-state index is -4.03. The van der Waals surface area contributed by atoms with Crippen molar-refractivity contribution in [2.75, 3.05) is 11.9 Å². The molecule has 2 heterocycles. The number of ether oxygens (including phenoxy) is 1. The standard InChI is InChI=1S/C17H18F2N4O4S/c1-17(7-2-8-23(17)28(20,25)26)16(24)22-15-6-4-12(10-21-15)27-14-9-11(18)3-5-13(14)19/h3-6,9-10H,2,7-8H2,1H3,(H2,20,25,26)(H,21,22,24)/t17-/m1/s1. The number of amides is 1. The van der Waals surface area contributed by atoms with Gasteiger partial charge >= 0.3 is 0 Å². The second-order valence-corrected chi connectivity index (χ2v) is 7.98. The summed E-state index contributed by atoms with van der Waals surface area (Å²) in [6.07, 6.45) is 2.03. The zero-order valence-electron chi connectivity index (χ0n) is 14.9. The third kappa shape index (κ3) is 4.11. The molecule has 1 fully saturated rings. The van der Waals surface area contributed by atoms with E-state index in [1.54, 1.807) is 0 Å². The molecule has 0 spiro atoms. The Labute approximate surface area is 160 Å². The third-order valence-electron chi connectivity index (χ3n) is 4.47. The Hall–Kier alpha value is -2.63. The molecule has 28 heavy (non-hydrogen) atoms. The molecule has 1 amide bonds. The number of aromatic nitrogens is 1. The number of nitrogens with two attached hydrogens (primary N) is 1. The number of carbonyl (C=O) groups excluding carboxylic acids is 1. The maximum absolute atomic E-state index is 13.6. The predicted molar refractivity (Wildman–Crippen MR) is 96.8 cm³/mol. The fourth-order valence-corrected chi connectivity index (χ4v) is 4.14. The molecule has 2 aromatic rings. The first-order valence-corrected chi connectivity index (χ1v) is 9.81. The Morgan fingerprint density at radius 3 is 2.71 bits per heavy atom. The van der Waals surface area contributed by atoms with Gasteiger partial charge in [0.25, 0.3) is 10.2 Å². The van der Waals surface area contributed by atoms with Crippen molar-refractivity contribution < 1.29 is 26.7 Å². The summed E-state index contributed by atoms with van der Waals surface area (Å²) in [7, 11) is -4.03. The van der Waals surface area contributed by atoms with E-state index in [-0.39, 0.29) is 23.9 Å². The number of rotatable bonds is 5. The van der Waals surface area contributed by atoms with E-state index in [0.29, 0.717) is 12.8 Å². The second kappa shape index (κ2) is 7.41. The summed E-state index contributed by atoms with van der Waals surface area (Å²) in [6, 6.07) is 5.60. The Morgan fingerprint density at radius 2 is 2.07 bits per heavy atom. The average Bonchev–Trinajstić information content (AvgIpc) is 3.03. The van der Waals surface area contributed by atoms with Gasteiger partial charge < -0.3 is 10.1 Å². The number of nitrogens with one attached hydrogen (secondary N) is 1. The fraction of sp³-hybridized carbons (Fsp3) is 0.294. The summed E-state index contributed by atoms with van der Waals surface area (Å²) < 4.78 is 56.4. The molecule has 8 nitrogen and oxygen atoms in total. The molecule has 0 unspecified atom stereocenters. The van der Waals surface area contributed by atoms with Crippen molar-refractivity contribution in [3.05, 3.63) is 48.2 Å². The SMILES string of the molecule is C[C@]1(C(=O)Nc2ccc(Oc3cc(F)ccc3F)cn2)CCCN1S(N)(=O)=O. The van der Waals surface area contributed by atoms with Crippen molar-refractivity contribution in [3.8, 4) is 11.5 Å². The maximum atomic E-state index is 13.6. The van der Waals surface area contributed by atoms with Gasteiger partial charge in [-0.25, -0.2) is 18.9 Å². The molecule has 0 bridgehead atoms. The van der Waals surface area contributed by atoms with Crippen LogP contribution in [0.1, 0.15) is 19.8 Å². The Kier molecular flexibility index (Phi) is 5.33. The van der Waals surface area contributed by atoms with Gasteiger partial charge in [-0.05, 0) is 44.0 Å². The molecule has 1 aromatic heterocycles. The number of hydrogen-bond acceptors (Lipinski definition) is 5. The van der Waals surface area contributed by atoms with Gasteiger partial charge in [0.1, 0.15) is 22.9 Å². The van der Waals surface area contributed by atoms with Gasteiger partial charge in [0.05, 0.1) is 6.20 Å². The van der Waals surface area contributed by atoms with Crippen LogP contribution in [0.4, 0.5) is 14.6 Å². The van der Waals surface area contributed by atoms with Gasteiger partial charge in [-0.1, -0.05) is 0 Å². The predicted octanol–water partition coefficient (Wildman–Crippen LogP) is 2.15. The van der Waals surface area contributed by atoms with E-state index < -0.39 is 33.3 Å². The Balaban J connectivity index is 1.72. The zero-order valence-corrected chi connectivity index (χ0v) is 15.7. The van der Waals surface area contributed by atoms with Crippen LogP contribution < -0.4 is 15.2 Å². The van der Waals surface area contributed by atoms with Crippen LogP contribution in [0.3, 0.4) is 0 Å². The third-order valence-corrected chi connectivity index (χ3v) is 5.67. The molecule has 1 aromatic carbocycles. The van der Waals surface area contributed by atoms with Crippen LogP contribution in [0, 0.1) is 11.6 Å². The lowest BCUT2D eigenvalue weighted by molar-refractivity contribution is -0.123. The lowest BCUT2D eigenvalue weighted by atomic mass is 9.99. The minimum absolute atomic E-state index is 0.126. The van der Waals surface area contributed by atoms with Crippen molar-refractivity contribution in [1.29, 1.82) is 0 Å². The number of carbonyl (C=O) groups is 1. The zero-order chi connectivity index (χ0) is 20.5. The summed E-state index contributed by atoms with van der Waals surface area (Å²) >= 11 is 0. The first-order chi connectivity index (χ1) is 13.1. The molecule has 0 aliphatic carbocycles. The highest BCUT2D eigenvalue weighted by atomic mass is 32.2. The van der Waals surface area contributed by atoms with E-state index in [0.717, 1.165) is 22.5 Å². The number of nitrogens with zero attached hydrogens (tertiary/aromatic N) is 2. The van der Waals surface area contributed by atoms with Crippen molar-refractivity contribution in [3.63, 3.8) is 0 Å². The van der Waals surface area contributed by atoms with E-state index in [2.05, 4.69) is 10.3 Å². The largest absolute Gasteiger partial charge is 0.453 e. The van der Waals surface area contributed by atoms with Crippen LogP contribution in [-0.4, -0.2) is 35.7 Å². The molecular weight excluding hydrogens is 394 g/mol. The van der Waals surface area contributed by atoms with Crippen LogP contribution in [0.2, 0.25) is 0 Å². The second-order valence-electron chi connectivity index (χ2n) is 6.50. The van der Waals surface area contributed by atoms with Gasteiger partial charge in [-0.2, -0.15) is 12.7 Å². The van der Waals surface area contributed by atoms with Crippen LogP contribution in [-0.2, 0) is 15.0 Å². The van der Waals surface area contributed by atoms with Gasteiger partial charge in [0.15, 0.2) is 11.6 Å². The first-order valence-electron chi connectivity index (χ1n) is 8.30. The lowest BCUT2D eigenvalue weighted by Gasteiger charge is -2.31. The fourth-order valence-electron chi connectivity index (χ4n) is 3.02. The molecule has 1 aliphatic heterocycles. The van der Waals surface area contributed by atoms with Crippen molar-refractivity contribution >= 4 is 21.9 Å². The molecule has 150 valence electrons. The van der Waals surface area contributed by atoms with E-state index >= 15 is 0 Å². The quantitative estimate of drug-likeness (QED) is 0.781. The van der Waals surface area contributed by atoms with Crippen molar-refractivity contribution in [2.24, 2.45) is 5.14 Å². The number of benzene rings is 1. The van der Waals surface area contributed by atoms with Gasteiger partial charge in [-0.3, -0.25) is 4.79 Å². The maximum Gasteiger partial charge on any atom is 0.277 e. The highest BCUT2D eigenvalue weighted by molar-refractivity contribution is 7.86. The summed E-state index contributed by atoms with van der Waals surface area (Å²) in [5.41, 5.74) is -1.32. The summed E-state index contributed by atoms with van der Waals surface area (Å²) in [5, 5.41) is 7.73. The van der Waals surface area contributed by atoms with Gasteiger partial charge in [0.2, 0.25) is 5.91 Å². The van der Waals surface area contributed by atoms with Crippen LogP contribution in [0.5, 0.6) is 11.5 Å². The molecule has 0 saturated carbocycles. The molecule has 11 heteroatoms. The van der Waals surface area contributed by atoms with Crippen molar-refractivity contribution in [1.82, 2.24) is 9.29 Å². The van der Waals surface area contributed by atoms with Crippen LogP contribution >= 0.6 is 0 Å². The van der Waals surface area contributed by atoms with Crippen molar-refractivity contribution in [2.45, 2.75) is 25.3 Å². The molecule has 3 rings (SSSR count). The molecule has 1 atom stereocenters. The van der Waals surface area contributed by atoms with Gasteiger partial charge in [-0.15, -0.1) is 0 Å².